The predicted octanol–water partition coefficient (Wildman–Crippen LogP) is 2.12. The summed E-state index contributed by atoms with van der Waals surface area (Å²) in [5, 5.41) is 14.7. The van der Waals surface area contributed by atoms with E-state index in [9.17, 15) is 14.3 Å². The van der Waals surface area contributed by atoms with Crippen LogP contribution in [0, 0.1) is 5.82 Å². The highest BCUT2D eigenvalue weighted by atomic mass is 19.1. The molecule has 1 aromatic heterocycles. The number of halogens is 1. The molecule has 31 heavy (non-hydrogen) atoms. The number of benzene rings is 2. The third-order valence-corrected chi connectivity index (χ3v) is 5.35. The van der Waals surface area contributed by atoms with Gasteiger partial charge in [-0.1, -0.05) is 24.3 Å². The number of methoxy groups -OCH3 is 1. The monoisotopic (exact) mass is 425 g/mol. The molecule has 4 rings (SSSR count). The van der Waals surface area contributed by atoms with E-state index in [1.807, 2.05) is 4.90 Å². The van der Waals surface area contributed by atoms with E-state index in [1.165, 1.54) is 17.1 Å². The van der Waals surface area contributed by atoms with Crippen LogP contribution >= 0.6 is 0 Å². The van der Waals surface area contributed by atoms with Crippen LogP contribution in [0.3, 0.4) is 0 Å². The Bertz CT molecular complexity index is 1030. The van der Waals surface area contributed by atoms with Gasteiger partial charge in [0, 0.05) is 26.2 Å². The number of aliphatic hydroxyl groups excluding tert-OH is 1. The summed E-state index contributed by atoms with van der Waals surface area (Å²) in [6, 6.07) is 13.7. The van der Waals surface area contributed by atoms with E-state index in [0.29, 0.717) is 43.2 Å². The van der Waals surface area contributed by atoms with E-state index < -0.39 is 6.10 Å². The Balaban J connectivity index is 1.34. The number of carbonyl (C=O) groups is 1. The molecule has 0 saturated carbocycles. The van der Waals surface area contributed by atoms with E-state index >= 15 is 0 Å². The molecule has 2 aromatic carbocycles. The Morgan fingerprint density at radius 2 is 1.84 bits per heavy atom. The number of carbonyl (C=O) groups excluding carboxylic acids is 1. The lowest BCUT2D eigenvalue weighted by atomic mass is 10.1. The molecule has 3 aromatic rings. The summed E-state index contributed by atoms with van der Waals surface area (Å²) >= 11 is 0. The number of rotatable bonds is 6. The van der Waals surface area contributed by atoms with Gasteiger partial charge in [-0.25, -0.2) is 14.1 Å². The first-order valence-corrected chi connectivity index (χ1v) is 10.1. The van der Waals surface area contributed by atoms with Crippen LogP contribution in [-0.4, -0.2) is 64.0 Å². The fraction of sp³-hybridized carbons (Fsp3) is 0.318. The van der Waals surface area contributed by atoms with Gasteiger partial charge in [-0.3, -0.25) is 4.79 Å². The number of hydrogen-bond acceptors (Lipinski definition) is 6. The highest BCUT2D eigenvalue weighted by Gasteiger charge is 2.26. The number of aromatic nitrogens is 3. The summed E-state index contributed by atoms with van der Waals surface area (Å²) in [4.78, 5) is 20.5. The maximum atomic E-state index is 14.0. The standard InChI is InChI=1S/C22H24FN5O3/c1-31-17-8-6-16(7-9-17)20(29)14-28-15-24-21(25-28)22(30)27-12-10-26(11-13-27)19-5-3-2-4-18(19)23/h2-9,15,20,29H,10-14H2,1H3/t20-/m1/s1. The SMILES string of the molecule is COc1ccc([C@H](O)Cn2cnc(C(=O)N3CCN(c4ccccc4F)CC3)n2)cc1. The zero-order valence-corrected chi connectivity index (χ0v) is 17.2. The van der Waals surface area contributed by atoms with E-state index in [1.54, 1.807) is 54.5 Å². The molecule has 1 N–H and O–H groups in total. The predicted molar refractivity (Wildman–Crippen MR) is 112 cm³/mol. The first-order chi connectivity index (χ1) is 15.0. The maximum absolute atomic E-state index is 14.0. The minimum Gasteiger partial charge on any atom is -0.497 e. The first kappa shape index (κ1) is 20.8. The van der Waals surface area contributed by atoms with E-state index in [-0.39, 0.29) is 24.1 Å². The van der Waals surface area contributed by atoms with Crippen molar-refractivity contribution in [3.05, 3.63) is 72.1 Å². The van der Waals surface area contributed by atoms with Crippen molar-refractivity contribution in [1.82, 2.24) is 19.7 Å². The molecule has 0 spiro atoms. The van der Waals surface area contributed by atoms with Crippen LogP contribution in [0.2, 0.25) is 0 Å². The van der Waals surface area contributed by atoms with Crippen molar-refractivity contribution in [2.24, 2.45) is 0 Å². The molecular weight excluding hydrogens is 401 g/mol. The van der Waals surface area contributed by atoms with Crippen LogP contribution in [0.5, 0.6) is 5.75 Å². The highest BCUT2D eigenvalue weighted by molar-refractivity contribution is 5.90. The Morgan fingerprint density at radius 3 is 2.52 bits per heavy atom. The second-order valence-electron chi connectivity index (χ2n) is 7.31. The number of anilines is 1. The summed E-state index contributed by atoms with van der Waals surface area (Å²) in [5.74, 6) is 0.255. The molecule has 8 nitrogen and oxygen atoms in total. The molecule has 0 aliphatic carbocycles. The molecule has 0 radical (unpaired) electrons. The van der Waals surface area contributed by atoms with Gasteiger partial charge in [0.25, 0.3) is 5.91 Å². The Morgan fingerprint density at radius 1 is 1.13 bits per heavy atom. The van der Waals surface area contributed by atoms with Gasteiger partial charge in [-0.15, -0.1) is 5.10 Å². The largest absolute Gasteiger partial charge is 0.497 e. The van der Waals surface area contributed by atoms with Crippen LogP contribution in [0.15, 0.2) is 54.9 Å². The zero-order valence-electron chi connectivity index (χ0n) is 17.2. The molecule has 1 atom stereocenters. The van der Waals surface area contributed by atoms with Crippen molar-refractivity contribution >= 4 is 11.6 Å². The molecule has 1 aliphatic heterocycles. The second kappa shape index (κ2) is 9.13. The second-order valence-corrected chi connectivity index (χ2v) is 7.31. The van der Waals surface area contributed by atoms with Crippen molar-refractivity contribution in [2.75, 3.05) is 38.2 Å². The Hall–Kier alpha value is -3.46. The maximum Gasteiger partial charge on any atom is 0.293 e. The molecule has 0 bridgehead atoms. The highest BCUT2D eigenvalue weighted by Crippen LogP contribution is 2.21. The smallest absolute Gasteiger partial charge is 0.293 e. The normalized spacial score (nSPS) is 15.1. The van der Waals surface area contributed by atoms with Gasteiger partial charge < -0.3 is 19.6 Å². The van der Waals surface area contributed by atoms with E-state index in [4.69, 9.17) is 4.74 Å². The fourth-order valence-electron chi connectivity index (χ4n) is 3.59. The molecule has 0 unspecified atom stereocenters. The van der Waals surface area contributed by atoms with Crippen molar-refractivity contribution < 1.29 is 19.0 Å². The third-order valence-electron chi connectivity index (χ3n) is 5.35. The van der Waals surface area contributed by atoms with Crippen LogP contribution in [0.4, 0.5) is 10.1 Å². The minimum atomic E-state index is -0.792. The molecule has 162 valence electrons. The van der Waals surface area contributed by atoms with Gasteiger partial charge in [0.1, 0.15) is 17.9 Å². The van der Waals surface area contributed by atoms with Crippen molar-refractivity contribution in [1.29, 1.82) is 0 Å². The number of hydrogen-bond donors (Lipinski definition) is 1. The number of ether oxygens (including phenoxy) is 1. The molecule has 1 fully saturated rings. The van der Waals surface area contributed by atoms with Gasteiger partial charge in [-0.2, -0.15) is 0 Å². The van der Waals surface area contributed by atoms with Crippen molar-refractivity contribution in [3.63, 3.8) is 0 Å². The zero-order chi connectivity index (χ0) is 21.8. The summed E-state index contributed by atoms with van der Waals surface area (Å²) in [6.45, 7) is 2.15. The van der Waals surface area contributed by atoms with Crippen LogP contribution in [0.25, 0.3) is 0 Å². The van der Waals surface area contributed by atoms with Gasteiger partial charge >= 0.3 is 0 Å². The third kappa shape index (κ3) is 4.66. The summed E-state index contributed by atoms with van der Waals surface area (Å²) in [6.07, 6.45) is 0.648. The number of amides is 1. The summed E-state index contributed by atoms with van der Waals surface area (Å²) < 4.78 is 20.6. The molecule has 9 heteroatoms. The fourth-order valence-corrected chi connectivity index (χ4v) is 3.59. The Labute approximate surface area is 179 Å². The quantitative estimate of drug-likeness (QED) is 0.651. The van der Waals surface area contributed by atoms with Gasteiger partial charge in [-0.05, 0) is 29.8 Å². The van der Waals surface area contributed by atoms with Crippen molar-refractivity contribution in [3.8, 4) is 5.75 Å². The van der Waals surface area contributed by atoms with Gasteiger partial charge in [0.2, 0.25) is 5.82 Å². The lowest BCUT2D eigenvalue weighted by Gasteiger charge is -2.35. The molecule has 2 heterocycles. The molecule has 1 amide bonds. The molecular formula is C22H24FN5O3. The van der Waals surface area contributed by atoms with Crippen LogP contribution in [0.1, 0.15) is 22.3 Å². The lowest BCUT2D eigenvalue weighted by Crippen LogP contribution is -2.49. The van der Waals surface area contributed by atoms with E-state index in [0.717, 1.165) is 0 Å². The summed E-state index contributed by atoms with van der Waals surface area (Å²) in [5.41, 5.74) is 1.26. The summed E-state index contributed by atoms with van der Waals surface area (Å²) in [7, 11) is 1.58. The Kier molecular flexibility index (Phi) is 6.13. The van der Waals surface area contributed by atoms with Crippen molar-refractivity contribution in [2.45, 2.75) is 12.6 Å². The van der Waals surface area contributed by atoms with Crippen LogP contribution < -0.4 is 9.64 Å². The van der Waals surface area contributed by atoms with E-state index in [2.05, 4.69) is 10.1 Å². The van der Waals surface area contributed by atoms with Gasteiger partial charge in [0.05, 0.1) is 25.4 Å². The lowest BCUT2D eigenvalue weighted by molar-refractivity contribution is 0.0732. The average molecular weight is 425 g/mol. The topological polar surface area (TPSA) is 83.7 Å². The number of nitrogens with zero attached hydrogens (tertiary/aromatic N) is 5. The molecule has 1 saturated heterocycles. The first-order valence-electron chi connectivity index (χ1n) is 10.1. The van der Waals surface area contributed by atoms with Gasteiger partial charge in [0.15, 0.2) is 0 Å². The van der Waals surface area contributed by atoms with Crippen LogP contribution in [-0.2, 0) is 6.54 Å². The number of piperazine rings is 1. The number of para-hydroxylation sites is 1. The average Bonchev–Trinajstić information content (AvgIpc) is 3.27. The number of aliphatic hydroxyl groups is 1. The molecule has 1 aliphatic rings. The minimum absolute atomic E-state index is 0.0845.